The maximum Gasteiger partial charge on any atom is 0.0473 e. The molecule has 0 aliphatic carbocycles. The van der Waals surface area contributed by atoms with Crippen molar-refractivity contribution in [3.05, 3.63) is 77.4 Å². The lowest BCUT2D eigenvalue weighted by Gasteiger charge is -2.21. The van der Waals surface area contributed by atoms with Crippen LogP contribution >= 0.6 is 0 Å². The molecule has 0 fully saturated rings. The van der Waals surface area contributed by atoms with Crippen LogP contribution in [0.1, 0.15) is 58.2 Å². The minimum Gasteiger partial charge on any atom is -0.398 e. The van der Waals surface area contributed by atoms with Gasteiger partial charge in [-0.3, -0.25) is 0 Å². The molecule has 0 amide bonds. The summed E-state index contributed by atoms with van der Waals surface area (Å²) in [4.78, 5) is 0. The quantitative estimate of drug-likeness (QED) is 0.463. The predicted octanol–water partition coefficient (Wildman–Crippen LogP) is 7.51. The molecule has 0 heterocycles. The van der Waals surface area contributed by atoms with E-state index >= 15 is 0 Å². The predicted molar refractivity (Wildman–Crippen MR) is 124 cm³/mol. The van der Waals surface area contributed by atoms with Crippen LogP contribution in [0, 0.1) is 6.92 Å². The van der Waals surface area contributed by atoms with E-state index in [4.69, 9.17) is 5.73 Å². The summed E-state index contributed by atoms with van der Waals surface area (Å²) in [5.74, 6) is 0. The summed E-state index contributed by atoms with van der Waals surface area (Å²) in [6, 6.07) is 22.0. The van der Waals surface area contributed by atoms with Gasteiger partial charge in [-0.25, -0.2) is 0 Å². The van der Waals surface area contributed by atoms with Crippen LogP contribution in [-0.4, -0.2) is 0 Å². The Balaban J connectivity index is 2.05. The van der Waals surface area contributed by atoms with E-state index in [9.17, 15) is 0 Å². The number of nitrogen functional groups attached to an aromatic ring is 1. The van der Waals surface area contributed by atoms with Gasteiger partial charge in [0.1, 0.15) is 0 Å². The number of nitrogens with two attached hydrogens (primary N) is 1. The molecule has 0 aromatic heterocycles. The zero-order valence-electron chi connectivity index (χ0n) is 18.4. The van der Waals surface area contributed by atoms with Gasteiger partial charge in [-0.15, -0.1) is 0 Å². The van der Waals surface area contributed by atoms with Crippen molar-refractivity contribution in [2.45, 2.75) is 59.3 Å². The van der Waals surface area contributed by atoms with Crippen LogP contribution in [0.2, 0.25) is 0 Å². The monoisotopic (exact) mass is 371 g/mol. The number of hydrogen-bond donors (Lipinski definition) is 1. The highest BCUT2D eigenvalue weighted by Gasteiger charge is 2.16. The standard InChI is InChI=1S/C27H33N/c1-18-16-23(19-8-12-21(13-9-19)26(2,3)4)25(28)24(17-18)20-10-14-22(15-11-20)27(5,6)7/h8-17H,28H2,1-7H3. The van der Waals surface area contributed by atoms with E-state index in [0.717, 1.165) is 16.8 Å². The average molecular weight is 372 g/mol. The first-order valence-electron chi connectivity index (χ1n) is 10.1. The Morgan fingerprint density at radius 3 is 1.18 bits per heavy atom. The van der Waals surface area contributed by atoms with Gasteiger partial charge in [-0.2, -0.15) is 0 Å². The third kappa shape index (κ3) is 4.14. The lowest BCUT2D eigenvalue weighted by molar-refractivity contribution is 0.590. The van der Waals surface area contributed by atoms with E-state index in [1.54, 1.807) is 0 Å². The van der Waals surface area contributed by atoms with Crippen molar-refractivity contribution in [2.75, 3.05) is 5.73 Å². The SMILES string of the molecule is Cc1cc(-c2ccc(C(C)(C)C)cc2)c(N)c(-c2ccc(C(C)(C)C)cc2)c1. The Morgan fingerprint density at radius 2 is 0.893 bits per heavy atom. The fourth-order valence-corrected chi connectivity index (χ4v) is 3.57. The summed E-state index contributed by atoms with van der Waals surface area (Å²) in [6.45, 7) is 15.6. The number of hydrogen-bond acceptors (Lipinski definition) is 1. The lowest BCUT2D eigenvalue weighted by atomic mass is 9.85. The van der Waals surface area contributed by atoms with Crippen LogP contribution < -0.4 is 5.73 Å². The Bertz CT molecular complexity index is 884. The number of rotatable bonds is 2. The molecule has 0 radical (unpaired) electrons. The Kier molecular flexibility index (Phi) is 5.14. The highest BCUT2D eigenvalue weighted by Crippen LogP contribution is 2.37. The average Bonchev–Trinajstić information content (AvgIpc) is 2.62. The molecule has 0 aliphatic rings. The first-order chi connectivity index (χ1) is 13.0. The van der Waals surface area contributed by atoms with E-state index in [1.165, 1.54) is 27.8 Å². The third-order valence-corrected chi connectivity index (χ3v) is 5.45. The highest BCUT2D eigenvalue weighted by molar-refractivity contribution is 5.89. The maximum absolute atomic E-state index is 6.66. The van der Waals surface area contributed by atoms with Crippen LogP contribution in [-0.2, 0) is 10.8 Å². The number of benzene rings is 3. The van der Waals surface area contributed by atoms with Gasteiger partial charge in [0.25, 0.3) is 0 Å². The van der Waals surface area contributed by atoms with E-state index in [2.05, 4.69) is 109 Å². The van der Waals surface area contributed by atoms with Crippen molar-refractivity contribution in [3.63, 3.8) is 0 Å². The van der Waals surface area contributed by atoms with Crippen LogP contribution in [0.15, 0.2) is 60.7 Å². The minimum atomic E-state index is 0.149. The lowest BCUT2D eigenvalue weighted by Crippen LogP contribution is -2.10. The molecule has 0 aliphatic heterocycles. The van der Waals surface area contributed by atoms with Crippen LogP contribution in [0.5, 0.6) is 0 Å². The van der Waals surface area contributed by atoms with Crippen LogP contribution in [0.4, 0.5) is 5.69 Å². The summed E-state index contributed by atoms with van der Waals surface area (Å²) in [7, 11) is 0. The first kappa shape index (κ1) is 20.2. The minimum absolute atomic E-state index is 0.149. The molecule has 0 saturated carbocycles. The van der Waals surface area contributed by atoms with E-state index in [1.807, 2.05) is 0 Å². The van der Waals surface area contributed by atoms with Crippen LogP contribution in [0.3, 0.4) is 0 Å². The van der Waals surface area contributed by atoms with Crippen LogP contribution in [0.25, 0.3) is 22.3 Å². The summed E-state index contributed by atoms with van der Waals surface area (Å²) < 4.78 is 0. The van der Waals surface area contributed by atoms with Gasteiger partial charge in [0.05, 0.1) is 0 Å². The van der Waals surface area contributed by atoms with Crippen molar-refractivity contribution in [3.8, 4) is 22.3 Å². The fraction of sp³-hybridized carbons (Fsp3) is 0.333. The molecule has 1 nitrogen and oxygen atoms in total. The molecule has 0 unspecified atom stereocenters. The van der Waals surface area contributed by atoms with Gasteiger partial charge in [-0.1, -0.05) is 90.1 Å². The second-order valence-electron chi connectivity index (χ2n) is 9.93. The van der Waals surface area contributed by atoms with E-state index in [0.29, 0.717) is 0 Å². The molecule has 3 aromatic rings. The normalized spacial score (nSPS) is 12.2. The van der Waals surface area contributed by atoms with Gasteiger partial charge in [-0.05, 0) is 57.7 Å². The molecule has 1 heteroatoms. The fourth-order valence-electron chi connectivity index (χ4n) is 3.57. The second-order valence-corrected chi connectivity index (χ2v) is 9.93. The largest absolute Gasteiger partial charge is 0.398 e. The third-order valence-electron chi connectivity index (χ3n) is 5.45. The smallest absolute Gasteiger partial charge is 0.0473 e. The van der Waals surface area contributed by atoms with Gasteiger partial charge in [0.15, 0.2) is 0 Å². The van der Waals surface area contributed by atoms with Crippen molar-refractivity contribution in [2.24, 2.45) is 0 Å². The zero-order valence-corrected chi connectivity index (χ0v) is 18.4. The molecule has 28 heavy (non-hydrogen) atoms. The Hall–Kier alpha value is -2.54. The van der Waals surface area contributed by atoms with Gasteiger partial charge in [0, 0.05) is 16.8 Å². The summed E-state index contributed by atoms with van der Waals surface area (Å²) in [6.07, 6.45) is 0. The number of anilines is 1. The van der Waals surface area contributed by atoms with Gasteiger partial charge < -0.3 is 5.73 Å². The van der Waals surface area contributed by atoms with Crippen molar-refractivity contribution < 1.29 is 0 Å². The Labute approximate surface area is 170 Å². The molecule has 0 bridgehead atoms. The molecule has 146 valence electrons. The summed E-state index contributed by atoms with van der Waals surface area (Å²) in [5, 5.41) is 0. The molecular formula is C27H33N. The van der Waals surface area contributed by atoms with E-state index < -0.39 is 0 Å². The first-order valence-corrected chi connectivity index (χ1v) is 10.1. The molecule has 3 aromatic carbocycles. The molecule has 2 N–H and O–H groups in total. The van der Waals surface area contributed by atoms with Crippen molar-refractivity contribution in [1.82, 2.24) is 0 Å². The van der Waals surface area contributed by atoms with Crippen molar-refractivity contribution >= 4 is 5.69 Å². The molecule has 0 atom stereocenters. The summed E-state index contributed by atoms with van der Waals surface area (Å²) in [5.41, 5.74) is 16.2. The molecule has 0 spiro atoms. The molecule has 3 rings (SSSR count). The summed E-state index contributed by atoms with van der Waals surface area (Å²) >= 11 is 0. The molecule has 0 saturated heterocycles. The van der Waals surface area contributed by atoms with Gasteiger partial charge in [0.2, 0.25) is 0 Å². The molecular weight excluding hydrogens is 338 g/mol. The van der Waals surface area contributed by atoms with E-state index in [-0.39, 0.29) is 10.8 Å². The Morgan fingerprint density at radius 1 is 0.571 bits per heavy atom. The second kappa shape index (κ2) is 7.13. The van der Waals surface area contributed by atoms with Gasteiger partial charge >= 0.3 is 0 Å². The van der Waals surface area contributed by atoms with Crippen molar-refractivity contribution in [1.29, 1.82) is 0 Å². The number of aryl methyl sites for hydroxylation is 1. The topological polar surface area (TPSA) is 26.0 Å². The highest BCUT2D eigenvalue weighted by atomic mass is 14.6. The zero-order chi connectivity index (χ0) is 20.7. The maximum atomic E-state index is 6.66.